The van der Waals surface area contributed by atoms with Crippen molar-refractivity contribution in [2.24, 2.45) is 0 Å². The molecule has 6 nitrogen and oxygen atoms in total. The highest BCUT2D eigenvalue weighted by atomic mass is 32.1. The van der Waals surface area contributed by atoms with E-state index in [0.29, 0.717) is 23.5 Å². The van der Waals surface area contributed by atoms with Crippen molar-refractivity contribution in [2.45, 2.75) is 57.0 Å². The summed E-state index contributed by atoms with van der Waals surface area (Å²) in [4.78, 5) is 21.1. The van der Waals surface area contributed by atoms with Crippen LogP contribution in [0.3, 0.4) is 0 Å². The van der Waals surface area contributed by atoms with E-state index < -0.39 is 0 Å². The highest BCUT2D eigenvalue weighted by Crippen LogP contribution is 2.33. The minimum absolute atomic E-state index is 0.144. The van der Waals surface area contributed by atoms with Crippen LogP contribution in [0.25, 0.3) is 10.2 Å². The molecule has 0 bridgehead atoms. The molecule has 1 amide bonds. The van der Waals surface area contributed by atoms with Gasteiger partial charge in [-0.1, -0.05) is 30.6 Å². The number of anilines is 1. The fourth-order valence-electron chi connectivity index (χ4n) is 3.67. The minimum atomic E-state index is -0.144. The molecule has 0 saturated heterocycles. The number of nitrogens with one attached hydrogen (secondary N) is 2. The van der Waals surface area contributed by atoms with Gasteiger partial charge in [-0.25, -0.2) is 4.98 Å². The molecule has 0 radical (unpaired) electrons. The van der Waals surface area contributed by atoms with Crippen LogP contribution in [-0.4, -0.2) is 28.0 Å². The molecule has 0 unspecified atom stereocenters. The van der Waals surface area contributed by atoms with E-state index in [4.69, 9.17) is 9.72 Å². The standard InChI is InChI=1S/C22H24N4O2S/c27-21(24-15-6-7-15)19-12-17(10-11-23-19)28-16-8-9-18-20(13-16)29-22(26-18)25-14-4-2-1-3-5-14/h8-15H,1-7H2,(H,24,27)(H,25,26). The number of hydrogen-bond acceptors (Lipinski definition) is 6. The average Bonchev–Trinajstić information content (AvgIpc) is 3.46. The molecule has 5 rings (SSSR count). The van der Waals surface area contributed by atoms with Crippen molar-refractivity contribution in [3.05, 3.63) is 42.2 Å². The molecule has 0 spiro atoms. The van der Waals surface area contributed by atoms with Crippen molar-refractivity contribution in [3.63, 3.8) is 0 Å². The molecule has 0 atom stereocenters. The minimum Gasteiger partial charge on any atom is -0.457 e. The second-order valence-corrected chi connectivity index (χ2v) is 8.89. The van der Waals surface area contributed by atoms with Crippen molar-refractivity contribution >= 4 is 32.6 Å². The monoisotopic (exact) mass is 408 g/mol. The fraction of sp³-hybridized carbons (Fsp3) is 0.409. The Balaban J connectivity index is 1.29. The van der Waals surface area contributed by atoms with Crippen molar-refractivity contribution in [1.82, 2.24) is 15.3 Å². The number of carbonyl (C=O) groups excluding carboxylic acids is 1. The topological polar surface area (TPSA) is 76.1 Å². The van der Waals surface area contributed by atoms with Gasteiger partial charge >= 0.3 is 0 Å². The van der Waals surface area contributed by atoms with Gasteiger partial charge in [0.25, 0.3) is 5.91 Å². The summed E-state index contributed by atoms with van der Waals surface area (Å²) >= 11 is 1.66. The van der Waals surface area contributed by atoms with Crippen molar-refractivity contribution in [3.8, 4) is 11.5 Å². The van der Waals surface area contributed by atoms with E-state index in [1.54, 1.807) is 29.7 Å². The molecule has 2 saturated carbocycles. The van der Waals surface area contributed by atoms with E-state index in [0.717, 1.165) is 33.9 Å². The lowest BCUT2D eigenvalue weighted by Gasteiger charge is -2.22. The van der Waals surface area contributed by atoms with Crippen LogP contribution in [0.15, 0.2) is 36.5 Å². The summed E-state index contributed by atoms with van der Waals surface area (Å²) in [6.07, 6.45) is 10.1. The number of thiazole rings is 1. The summed E-state index contributed by atoms with van der Waals surface area (Å²) in [6.45, 7) is 0. The zero-order chi connectivity index (χ0) is 19.6. The summed E-state index contributed by atoms with van der Waals surface area (Å²) in [5.74, 6) is 1.18. The van der Waals surface area contributed by atoms with E-state index in [9.17, 15) is 4.79 Å². The molecule has 1 aromatic carbocycles. The number of amides is 1. The maximum absolute atomic E-state index is 12.2. The van der Waals surface area contributed by atoms with Crippen LogP contribution in [0.2, 0.25) is 0 Å². The number of hydrogen-bond donors (Lipinski definition) is 2. The number of nitrogens with zero attached hydrogens (tertiary/aromatic N) is 2. The molecule has 0 aliphatic heterocycles. The van der Waals surface area contributed by atoms with Gasteiger partial charge in [-0.05, 0) is 43.9 Å². The van der Waals surface area contributed by atoms with Crippen LogP contribution in [0.4, 0.5) is 5.13 Å². The second kappa shape index (κ2) is 7.99. The van der Waals surface area contributed by atoms with E-state index >= 15 is 0 Å². The summed E-state index contributed by atoms with van der Waals surface area (Å²) in [5, 5.41) is 7.52. The van der Waals surface area contributed by atoms with Gasteiger partial charge in [-0.3, -0.25) is 9.78 Å². The molecule has 2 aromatic heterocycles. The lowest BCUT2D eigenvalue weighted by molar-refractivity contribution is 0.0945. The molecule has 2 heterocycles. The van der Waals surface area contributed by atoms with Gasteiger partial charge in [0.2, 0.25) is 0 Å². The summed E-state index contributed by atoms with van der Waals surface area (Å²) in [5.41, 5.74) is 1.35. The van der Waals surface area contributed by atoms with Crippen molar-refractivity contribution in [2.75, 3.05) is 5.32 Å². The lowest BCUT2D eigenvalue weighted by atomic mass is 9.96. The number of carbonyl (C=O) groups is 1. The third kappa shape index (κ3) is 4.50. The molecular formula is C22H24N4O2S. The van der Waals surface area contributed by atoms with Crippen LogP contribution >= 0.6 is 11.3 Å². The summed E-state index contributed by atoms with van der Waals surface area (Å²) in [7, 11) is 0. The number of pyridine rings is 1. The van der Waals surface area contributed by atoms with Gasteiger partial charge in [0.15, 0.2) is 5.13 Å². The average molecular weight is 409 g/mol. The van der Waals surface area contributed by atoms with Gasteiger partial charge in [-0.2, -0.15) is 0 Å². The Morgan fingerprint density at radius 2 is 1.83 bits per heavy atom. The number of ether oxygens (including phenoxy) is 1. The maximum Gasteiger partial charge on any atom is 0.270 e. The van der Waals surface area contributed by atoms with Crippen LogP contribution in [-0.2, 0) is 0 Å². The quantitative estimate of drug-likeness (QED) is 0.592. The fourth-order valence-corrected chi connectivity index (χ4v) is 4.64. The summed E-state index contributed by atoms with van der Waals surface area (Å²) in [6, 6.07) is 10.2. The highest BCUT2D eigenvalue weighted by molar-refractivity contribution is 7.22. The Morgan fingerprint density at radius 1 is 1.00 bits per heavy atom. The van der Waals surface area contributed by atoms with E-state index in [-0.39, 0.29) is 5.91 Å². The normalized spacial score (nSPS) is 17.2. The largest absolute Gasteiger partial charge is 0.457 e. The maximum atomic E-state index is 12.2. The zero-order valence-corrected chi connectivity index (χ0v) is 17.0. The molecule has 2 N–H and O–H groups in total. The first-order valence-electron chi connectivity index (χ1n) is 10.3. The Morgan fingerprint density at radius 3 is 2.66 bits per heavy atom. The highest BCUT2D eigenvalue weighted by Gasteiger charge is 2.24. The Kier molecular flexibility index (Phi) is 5.06. The first-order chi connectivity index (χ1) is 14.2. The number of benzene rings is 1. The molecule has 29 heavy (non-hydrogen) atoms. The first-order valence-corrected chi connectivity index (χ1v) is 11.2. The molecule has 2 fully saturated rings. The van der Waals surface area contributed by atoms with Crippen LogP contribution in [0, 0.1) is 0 Å². The van der Waals surface area contributed by atoms with Gasteiger partial charge in [0.05, 0.1) is 10.2 Å². The smallest absolute Gasteiger partial charge is 0.270 e. The van der Waals surface area contributed by atoms with Crippen molar-refractivity contribution < 1.29 is 9.53 Å². The van der Waals surface area contributed by atoms with Gasteiger partial charge in [-0.15, -0.1) is 0 Å². The summed E-state index contributed by atoms with van der Waals surface area (Å²) < 4.78 is 7.08. The van der Waals surface area contributed by atoms with Crippen LogP contribution in [0.1, 0.15) is 55.4 Å². The zero-order valence-electron chi connectivity index (χ0n) is 16.2. The predicted octanol–water partition coefficient (Wildman–Crippen LogP) is 5.12. The van der Waals surface area contributed by atoms with Gasteiger partial charge < -0.3 is 15.4 Å². The molecule has 7 heteroatoms. The molecular weight excluding hydrogens is 384 g/mol. The Labute approximate surface area is 173 Å². The second-order valence-electron chi connectivity index (χ2n) is 7.85. The molecule has 2 aliphatic rings. The molecule has 150 valence electrons. The van der Waals surface area contributed by atoms with Gasteiger partial charge in [0, 0.05) is 30.4 Å². The Hall–Kier alpha value is -2.67. The van der Waals surface area contributed by atoms with Crippen molar-refractivity contribution in [1.29, 1.82) is 0 Å². The third-order valence-corrected chi connectivity index (χ3v) is 6.35. The number of rotatable bonds is 6. The molecule has 3 aromatic rings. The van der Waals surface area contributed by atoms with E-state index in [1.807, 2.05) is 18.2 Å². The number of fused-ring (bicyclic) bond motifs is 1. The van der Waals surface area contributed by atoms with Crippen LogP contribution < -0.4 is 15.4 Å². The SMILES string of the molecule is O=C(NC1CC1)c1cc(Oc2ccc3nc(NC4CCCCC4)sc3c2)ccn1. The predicted molar refractivity (Wildman–Crippen MR) is 115 cm³/mol. The molecule has 2 aliphatic carbocycles. The third-order valence-electron chi connectivity index (χ3n) is 5.40. The van der Waals surface area contributed by atoms with E-state index in [1.165, 1.54) is 32.1 Å². The lowest BCUT2D eigenvalue weighted by Crippen LogP contribution is -2.26. The number of aromatic nitrogens is 2. The van der Waals surface area contributed by atoms with E-state index in [2.05, 4.69) is 15.6 Å². The van der Waals surface area contributed by atoms with Crippen LogP contribution in [0.5, 0.6) is 11.5 Å². The Bertz CT molecular complexity index is 1020. The van der Waals surface area contributed by atoms with Gasteiger partial charge in [0.1, 0.15) is 17.2 Å². The first kappa shape index (κ1) is 18.4.